The van der Waals surface area contributed by atoms with E-state index in [1.54, 1.807) is 0 Å². The minimum Gasteiger partial charge on any atom is -0.478 e. The number of carbonyl (C=O) groups is 1. The Labute approximate surface area is 192 Å². The number of aromatic carboxylic acids is 1. The van der Waals surface area contributed by atoms with Crippen LogP contribution in [0.15, 0.2) is 59.8 Å². The van der Waals surface area contributed by atoms with E-state index >= 15 is 0 Å². The molecule has 13 heteroatoms. The normalized spacial score (nSPS) is 12.0. The van der Waals surface area contributed by atoms with Crippen molar-refractivity contribution in [2.75, 3.05) is 4.31 Å². The van der Waals surface area contributed by atoms with Gasteiger partial charge in [0.15, 0.2) is 5.82 Å². The van der Waals surface area contributed by atoms with Crippen LogP contribution >= 0.6 is 23.5 Å². The number of aromatic nitrogens is 2. The number of pyridine rings is 2. The van der Waals surface area contributed by atoms with Gasteiger partial charge in [0.2, 0.25) is 0 Å². The van der Waals surface area contributed by atoms with E-state index in [1.165, 1.54) is 34.6 Å². The van der Waals surface area contributed by atoms with Gasteiger partial charge in [-0.1, -0.05) is 17.7 Å². The van der Waals surface area contributed by atoms with E-state index in [0.29, 0.717) is 22.7 Å². The number of carboxylic acid groups (broad SMARTS) is 1. The van der Waals surface area contributed by atoms with Crippen molar-refractivity contribution >= 4 is 35.3 Å². The van der Waals surface area contributed by atoms with Gasteiger partial charge in [-0.3, -0.25) is 9.29 Å². The molecule has 2 heterocycles. The van der Waals surface area contributed by atoms with Gasteiger partial charge >= 0.3 is 18.3 Å². The highest BCUT2D eigenvalue weighted by Crippen LogP contribution is 2.38. The van der Waals surface area contributed by atoms with E-state index in [1.807, 2.05) is 0 Å². The van der Waals surface area contributed by atoms with Crippen molar-refractivity contribution in [1.82, 2.24) is 9.97 Å². The van der Waals surface area contributed by atoms with Gasteiger partial charge in [0.05, 0.1) is 22.7 Å². The highest BCUT2D eigenvalue weighted by Gasteiger charge is 2.33. The van der Waals surface area contributed by atoms with Crippen LogP contribution in [0.3, 0.4) is 0 Å². The molecule has 2 aromatic heterocycles. The highest BCUT2D eigenvalue weighted by molar-refractivity contribution is 8.00. The van der Waals surface area contributed by atoms with Gasteiger partial charge in [-0.2, -0.15) is 26.3 Å². The molecule has 3 aromatic rings. The maximum absolute atomic E-state index is 13.0. The van der Waals surface area contributed by atoms with Crippen LogP contribution < -0.4 is 4.31 Å². The molecule has 0 aliphatic heterocycles. The van der Waals surface area contributed by atoms with Crippen molar-refractivity contribution in [2.24, 2.45) is 0 Å². The molecule has 174 valence electrons. The predicted octanol–water partition coefficient (Wildman–Crippen LogP) is 6.58. The Morgan fingerprint density at radius 1 is 0.970 bits per heavy atom. The number of halogens is 7. The van der Waals surface area contributed by atoms with Crippen LogP contribution in [0.2, 0.25) is 5.02 Å². The molecule has 0 spiro atoms. The lowest BCUT2D eigenvalue weighted by Gasteiger charge is -2.24. The highest BCUT2D eigenvalue weighted by atomic mass is 35.5. The molecular formula is C20H12ClF6N3O2S. The molecule has 0 atom stereocenters. The fraction of sp³-hybridized carbons (Fsp3) is 0.150. The molecule has 0 bridgehead atoms. The van der Waals surface area contributed by atoms with Gasteiger partial charge in [-0.25, -0.2) is 9.78 Å². The van der Waals surface area contributed by atoms with Crippen LogP contribution in [-0.4, -0.2) is 21.0 Å². The predicted molar refractivity (Wildman–Crippen MR) is 109 cm³/mol. The molecule has 3 rings (SSSR count). The van der Waals surface area contributed by atoms with Crippen molar-refractivity contribution in [1.29, 1.82) is 0 Å². The lowest BCUT2D eigenvalue weighted by molar-refractivity contribution is -0.141. The summed E-state index contributed by atoms with van der Waals surface area (Å²) in [6, 6.07) is 8.22. The zero-order valence-corrected chi connectivity index (χ0v) is 17.7. The molecule has 0 fully saturated rings. The van der Waals surface area contributed by atoms with Crippen LogP contribution in [0.4, 0.5) is 32.2 Å². The van der Waals surface area contributed by atoms with Crippen LogP contribution in [0.5, 0.6) is 0 Å². The molecule has 0 aliphatic rings. The summed E-state index contributed by atoms with van der Waals surface area (Å²) in [4.78, 5) is 18.7. The molecule has 0 amide bonds. The average molecular weight is 508 g/mol. The zero-order chi connectivity index (χ0) is 24.4. The number of hydrogen-bond acceptors (Lipinski definition) is 5. The summed E-state index contributed by atoms with van der Waals surface area (Å²) in [6.45, 7) is -0.116. The van der Waals surface area contributed by atoms with Gasteiger partial charge in [-0.15, -0.1) is 0 Å². The summed E-state index contributed by atoms with van der Waals surface area (Å²) in [5.74, 6) is -1.22. The van der Waals surface area contributed by atoms with Crippen molar-refractivity contribution in [3.8, 4) is 0 Å². The number of rotatable bonds is 6. The van der Waals surface area contributed by atoms with Crippen LogP contribution in [0, 0.1) is 0 Å². The van der Waals surface area contributed by atoms with Crippen LogP contribution in [0.25, 0.3) is 0 Å². The first kappa shape index (κ1) is 24.6. The summed E-state index contributed by atoms with van der Waals surface area (Å²) < 4.78 is 78.6. The van der Waals surface area contributed by atoms with Crippen LogP contribution in [0.1, 0.15) is 27.2 Å². The molecule has 0 unspecified atom stereocenters. The topological polar surface area (TPSA) is 66.3 Å². The first-order valence-corrected chi connectivity index (χ1v) is 10.0. The second kappa shape index (κ2) is 9.48. The Kier molecular flexibility index (Phi) is 7.08. The van der Waals surface area contributed by atoms with E-state index < -0.39 is 29.6 Å². The summed E-state index contributed by atoms with van der Waals surface area (Å²) in [6.07, 6.45) is -7.72. The Hall–Kier alpha value is -2.99. The van der Waals surface area contributed by atoms with E-state index in [9.17, 15) is 31.1 Å². The van der Waals surface area contributed by atoms with Gasteiger partial charge in [-0.05, 0) is 53.9 Å². The lowest BCUT2D eigenvalue weighted by Crippen LogP contribution is -2.17. The van der Waals surface area contributed by atoms with Crippen molar-refractivity contribution < 1.29 is 36.2 Å². The summed E-state index contributed by atoms with van der Waals surface area (Å²) in [5.41, 5.74) is -1.84. The smallest absolute Gasteiger partial charge is 0.433 e. The van der Waals surface area contributed by atoms with Crippen molar-refractivity contribution in [2.45, 2.75) is 23.8 Å². The minimum atomic E-state index is -4.67. The molecule has 0 radical (unpaired) electrons. The first-order valence-electron chi connectivity index (χ1n) is 8.88. The zero-order valence-electron chi connectivity index (χ0n) is 16.2. The fourth-order valence-corrected chi connectivity index (χ4v) is 3.83. The first-order chi connectivity index (χ1) is 15.3. The SMILES string of the molecule is O=C(O)c1ccc(SN(Cc2ccc(C(F)(F)F)nc2)c2ncc(C(F)(F)F)cc2Cl)cc1. The van der Waals surface area contributed by atoms with E-state index in [0.717, 1.165) is 24.2 Å². The van der Waals surface area contributed by atoms with Gasteiger partial charge in [0, 0.05) is 17.3 Å². The maximum Gasteiger partial charge on any atom is 0.433 e. The second-order valence-electron chi connectivity index (χ2n) is 6.53. The lowest BCUT2D eigenvalue weighted by atomic mass is 10.2. The van der Waals surface area contributed by atoms with Gasteiger partial charge in [0.25, 0.3) is 0 Å². The molecule has 33 heavy (non-hydrogen) atoms. The van der Waals surface area contributed by atoms with E-state index in [2.05, 4.69) is 9.97 Å². The quantitative estimate of drug-likeness (QED) is 0.300. The minimum absolute atomic E-state index is 0.0172. The Balaban J connectivity index is 1.95. The number of benzene rings is 1. The molecule has 1 N–H and O–H groups in total. The van der Waals surface area contributed by atoms with E-state index in [-0.39, 0.29) is 22.9 Å². The molecule has 1 aromatic carbocycles. The monoisotopic (exact) mass is 507 g/mol. The molecule has 0 saturated carbocycles. The third kappa shape index (κ3) is 6.29. The number of carboxylic acids is 1. The van der Waals surface area contributed by atoms with Crippen molar-refractivity contribution in [3.63, 3.8) is 0 Å². The molecule has 0 saturated heterocycles. The standard InChI is InChI=1S/C20H12ClF6N3O2S/c21-15-7-13(19(22,23)24)9-29-17(15)30(33-14-4-2-12(3-5-14)18(31)32)10-11-1-6-16(28-8-11)20(25,26)27/h1-9H,10H2,(H,31,32). The molecule has 5 nitrogen and oxygen atoms in total. The third-order valence-electron chi connectivity index (χ3n) is 4.14. The number of alkyl halides is 6. The second-order valence-corrected chi connectivity index (χ2v) is 8.04. The Morgan fingerprint density at radius 2 is 1.64 bits per heavy atom. The van der Waals surface area contributed by atoms with E-state index in [4.69, 9.17) is 16.7 Å². The maximum atomic E-state index is 13.0. The average Bonchev–Trinajstić information content (AvgIpc) is 2.72. The fourth-order valence-electron chi connectivity index (χ4n) is 2.56. The summed E-state index contributed by atoms with van der Waals surface area (Å²) in [7, 11) is 0. The van der Waals surface area contributed by atoms with Gasteiger partial charge < -0.3 is 5.11 Å². The Morgan fingerprint density at radius 3 is 2.12 bits per heavy atom. The molecule has 0 aliphatic carbocycles. The number of hydrogen-bond donors (Lipinski definition) is 1. The largest absolute Gasteiger partial charge is 0.478 e. The third-order valence-corrected chi connectivity index (χ3v) is 5.43. The number of anilines is 1. The Bertz CT molecular complexity index is 1140. The molecular weight excluding hydrogens is 496 g/mol. The van der Waals surface area contributed by atoms with Gasteiger partial charge in [0.1, 0.15) is 5.69 Å². The van der Waals surface area contributed by atoms with Crippen molar-refractivity contribution in [3.05, 3.63) is 82.3 Å². The number of nitrogens with zero attached hydrogens (tertiary/aromatic N) is 3. The summed E-state index contributed by atoms with van der Waals surface area (Å²) >= 11 is 7.01. The van der Waals surface area contributed by atoms with Crippen LogP contribution in [-0.2, 0) is 18.9 Å². The summed E-state index contributed by atoms with van der Waals surface area (Å²) in [5, 5.41) is 8.68.